The fourth-order valence-electron chi connectivity index (χ4n) is 3.61. The number of imidazole rings is 1. The molecule has 5 nitrogen and oxygen atoms in total. The van der Waals surface area contributed by atoms with E-state index in [1.807, 2.05) is 10.8 Å². The van der Waals surface area contributed by atoms with Gasteiger partial charge in [-0.05, 0) is 45.7 Å². The highest BCUT2D eigenvalue weighted by Crippen LogP contribution is 2.28. The number of aliphatic carboxylic acids is 1. The summed E-state index contributed by atoms with van der Waals surface area (Å²) in [5.41, 5.74) is 1.09. The van der Waals surface area contributed by atoms with E-state index in [-0.39, 0.29) is 0 Å². The molecule has 0 aliphatic carbocycles. The number of rotatable bonds is 3. The van der Waals surface area contributed by atoms with Crippen molar-refractivity contribution in [1.82, 2.24) is 14.5 Å². The lowest BCUT2D eigenvalue weighted by Crippen LogP contribution is -2.39. The summed E-state index contributed by atoms with van der Waals surface area (Å²) in [4.78, 5) is 18.4. The number of hydrogen-bond acceptors (Lipinski definition) is 3. The fourth-order valence-corrected chi connectivity index (χ4v) is 3.61. The Kier molecular flexibility index (Phi) is 3.78. The van der Waals surface area contributed by atoms with Crippen LogP contribution in [0.4, 0.5) is 0 Å². The molecule has 5 heteroatoms. The van der Waals surface area contributed by atoms with Crippen LogP contribution in [0.5, 0.6) is 0 Å². The number of piperidine rings is 1. The molecule has 0 aromatic carbocycles. The average Bonchev–Trinajstić information content (AvgIpc) is 2.84. The van der Waals surface area contributed by atoms with Crippen LogP contribution in [0.2, 0.25) is 0 Å². The van der Waals surface area contributed by atoms with E-state index < -0.39 is 12.0 Å². The minimum Gasteiger partial charge on any atom is -0.480 e. The van der Waals surface area contributed by atoms with Gasteiger partial charge in [-0.1, -0.05) is 6.42 Å². The third-order valence-corrected chi connectivity index (χ3v) is 4.80. The fraction of sp³-hybridized carbons (Fsp3) is 0.733. The molecular formula is C15H23N3O2. The SMILES string of the molecule is CN1CCCCC1Cc1ncc2n1C(C(=O)O)CCC2. The third-order valence-electron chi connectivity index (χ3n) is 4.80. The van der Waals surface area contributed by atoms with Crippen LogP contribution >= 0.6 is 0 Å². The Balaban J connectivity index is 1.84. The maximum Gasteiger partial charge on any atom is 0.326 e. The molecule has 0 spiro atoms. The summed E-state index contributed by atoms with van der Waals surface area (Å²) in [7, 11) is 2.17. The largest absolute Gasteiger partial charge is 0.480 e. The molecule has 3 rings (SSSR count). The quantitative estimate of drug-likeness (QED) is 0.916. The van der Waals surface area contributed by atoms with Gasteiger partial charge in [0, 0.05) is 24.4 Å². The minimum atomic E-state index is -0.720. The van der Waals surface area contributed by atoms with Crippen molar-refractivity contribution in [1.29, 1.82) is 0 Å². The molecule has 110 valence electrons. The highest BCUT2D eigenvalue weighted by molar-refractivity contribution is 5.72. The van der Waals surface area contributed by atoms with Gasteiger partial charge in [0.25, 0.3) is 0 Å². The van der Waals surface area contributed by atoms with Crippen molar-refractivity contribution in [3.05, 3.63) is 17.7 Å². The Morgan fingerprint density at radius 2 is 2.25 bits per heavy atom. The van der Waals surface area contributed by atoms with Gasteiger partial charge in [-0.2, -0.15) is 0 Å². The van der Waals surface area contributed by atoms with Gasteiger partial charge in [0.15, 0.2) is 0 Å². The highest BCUT2D eigenvalue weighted by Gasteiger charge is 2.30. The molecule has 20 heavy (non-hydrogen) atoms. The first-order valence-electron chi connectivity index (χ1n) is 7.65. The number of carboxylic acid groups (broad SMARTS) is 1. The van der Waals surface area contributed by atoms with E-state index in [0.717, 1.165) is 43.7 Å². The number of carboxylic acids is 1. The second-order valence-corrected chi connectivity index (χ2v) is 6.12. The number of likely N-dealkylation sites (tertiary alicyclic amines) is 1. The first-order chi connectivity index (χ1) is 9.66. The standard InChI is InChI=1S/C15H23N3O2/c1-17-8-3-2-5-11(17)9-14-16-10-12-6-4-7-13(15(19)20)18(12)14/h10-11,13H,2-9H2,1H3,(H,19,20). The first kappa shape index (κ1) is 13.6. The summed E-state index contributed by atoms with van der Waals surface area (Å²) < 4.78 is 1.99. The predicted molar refractivity (Wildman–Crippen MR) is 75.8 cm³/mol. The third kappa shape index (κ3) is 2.46. The van der Waals surface area contributed by atoms with Gasteiger partial charge in [0.1, 0.15) is 11.9 Å². The van der Waals surface area contributed by atoms with E-state index >= 15 is 0 Å². The molecule has 0 saturated carbocycles. The number of aryl methyl sites for hydroxylation is 1. The molecule has 2 unspecified atom stereocenters. The van der Waals surface area contributed by atoms with Gasteiger partial charge >= 0.3 is 5.97 Å². The van der Waals surface area contributed by atoms with Crippen LogP contribution in [0, 0.1) is 0 Å². The van der Waals surface area contributed by atoms with Crippen LogP contribution < -0.4 is 0 Å². The summed E-state index contributed by atoms with van der Waals surface area (Å²) in [6.07, 6.45) is 9.12. The van der Waals surface area contributed by atoms with Crippen molar-refractivity contribution in [2.24, 2.45) is 0 Å². The zero-order valence-electron chi connectivity index (χ0n) is 12.1. The van der Waals surface area contributed by atoms with Crippen molar-refractivity contribution in [3.8, 4) is 0 Å². The van der Waals surface area contributed by atoms with Gasteiger partial charge in [-0.3, -0.25) is 0 Å². The summed E-state index contributed by atoms with van der Waals surface area (Å²) in [5, 5.41) is 9.43. The number of carbonyl (C=O) groups is 1. The van der Waals surface area contributed by atoms with Gasteiger partial charge in [-0.25, -0.2) is 9.78 Å². The molecule has 2 aliphatic rings. The summed E-state index contributed by atoms with van der Waals surface area (Å²) >= 11 is 0. The average molecular weight is 277 g/mol. The smallest absolute Gasteiger partial charge is 0.326 e. The topological polar surface area (TPSA) is 58.4 Å². The summed E-state index contributed by atoms with van der Waals surface area (Å²) in [6.45, 7) is 1.14. The van der Waals surface area contributed by atoms with E-state index in [2.05, 4.69) is 16.9 Å². The van der Waals surface area contributed by atoms with Gasteiger partial charge in [-0.15, -0.1) is 0 Å². The maximum absolute atomic E-state index is 11.5. The second kappa shape index (κ2) is 5.56. The molecule has 1 N–H and O–H groups in total. The number of nitrogens with zero attached hydrogens (tertiary/aromatic N) is 3. The van der Waals surface area contributed by atoms with Gasteiger partial charge in [0.05, 0.1) is 0 Å². The molecule has 2 atom stereocenters. The van der Waals surface area contributed by atoms with Crippen LogP contribution in [0.3, 0.4) is 0 Å². The lowest BCUT2D eigenvalue weighted by atomic mass is 9.98. The molecule has 0 radical (unpaired) electrons. The Labute approximate surface area is 119 Å². The lowest BCUT2D eigenvalue weighted by molar-refractivity contribution is -0.141. The van der Waals surface area contributed by atoms with Crippen molar-refractivity contribution >= 4 is 5.97 Å². The second-order valence-electron chi connectivity index (χ2n) is 6.12. The molecule has 0 amide bonds. The van der Waals surface area contributed by atoms with Crippen LogP contribution in [0.15, 0.2) is 6.20 Å². The Bertz CT molecular complexity index is 497. The minimum absolute atomic E-state index is 0.412. The number of hydrogen-bond donors (Lipinski definition) is 1. The van der Waals surface area contributed by atoms with Crippen LogP contribution in [-0.2, 0) is 17.6 Å². The van der Waals surface area contributed by atoms with E-state index in [9.17, 15) is 9.90 Å². The Hall–Kier alpha value is -1.36. The van der Waals surface area contributed by atoms with Crippen LogP contribution in [0.1, 0.15) is 49.7 Å². The molecular weight excluding hydrogens is 254 g/mol. The van der Waals surface area contributed by atoms with E-state index in [0.29, 0.717) is 6.04 Å². The van der Waals surface area contributed by atoms with Crippen molar-refractivity contribution in [2.45, 2.75) is 57.0 Å². The van der Waals surface area contributed by atoms with Crippen molar-refractivity contribution in [3.63, 3.8) is 0 Å². The van der Waals surface area contributed by atoms with E-state index in [1.54, 1.807) is 0 Å². The monoisotopic (exact) mass is 277 g/mol. The summed E-state index contributed by atoms with van der Waals surface area (Å²) in [5.74, 6) is 0.244. The Morgan fingerprint density at radius 3 is 3.00 bits per heavy atom. The van der Waals surface area contributed by atoms with Gasteiger partial charge in [0.2, 0.25) is 0 Å². The molecule has 0 bridgehead atoms. The molecule has 1 saturated heterocycles. The van der Waals surface area contributed by atoms with Crippen molar-refractivity contribution in [2.75, 3.05) is 13.6 Å². The highest BCUT2D eigenvalue weighted by atomic mass is 16.4. The molecule has 3 heterocycles. The normalized spacial score (nSPS) is 27.2. The molecule has 1 fully saturated rings. The maximum atomic E-state index is 11.5. The van der Waals surface area contributed by atoms with Crippen molar-refractivity contribution < 1.29 is 9.90 Å². The predicted octanol–water partition coefficient (Wildman–Crippen LogP) is 1.87. The Morgan fingerprint density at radius 1 is 1.40 bits per heavy atom. The molecule has 1 aromatic rings. The lowest BCUT2D eigenvalue weighted by Gasteiger charge is -2.33. The van der Waals surface area contributed by atoms with E-state index in [4.69, 9.17) is 0 Å². The number of fused-ring (bicyclic) bond motifs is 1. The van der Waals surface area contributed by atoms with E-state index in [1.165, 1.54) is 19.3 Å². The zero-order valence-corrected chi connectivity index (χ0v) is 12.1. The first-order valence-corrected chi connectivity index (χ1v) is 7.65. The molecule has 2 aliphatic heterocycles. The van der Waals surface area contributed by atoms with Crippen LogP contribution in [-0.4, -0.2) is 45.2 Å². The molecule has 1 aromatic heterocycles. The zero-order chi connectivity index (χ0) is 14.1. The number of likely N-dealkylation sites (N-methyl/N-ethyl adjacent to an activating group) is 1. The van der Waals surface area contributed by atoms with Crippen LogP contribution in [0.25, 0.3) is 0 Å². The van der Waals surface area contributed by atoms with Gasteiger partial charge < -0.3 is 14.6 Å². The number of aromatic nitrogens is 2. The summed E-state index contributed by atoms with van der Waals surface area (Å²) in [6, 6.07) is 0.0942.